The van der Waals surface area contributed by atoms with Crippen LogP contribution in [0, 0.1) is 0 Å². The van der Waals surface area contributed by atoms with Crippen molar-refractivity contribution in [1.29, 1.82) is 0 Å². The number of rotatable bonds is 8. The van der Waals surface area contributed by atoms with Gasteiger partial charge in [-0.25, -0.2) is 8.42 Å². The third-order valence-corrected chi connectivity index (χ3v) is 3.85. The predicted octanol–water partition coefficient (Wildman–Crippen LogP) is 1.22. The van der Waals surface area contributed by atoms with Gasteiger partial charge < -0.3 is 14.6 Å². The molecule has 0 radical (unpaired) electrons. The Morgan fingerprint density at radius 3 is 2.53 bits per heavy atom. The van der Waals surface area contributed by atoms with Crippen molar-refractivity contribution >= 4 is 15.7 Å². The van der Waals surface area contributed by atoms with Gasteiger partial charge in [0.2, 0.25) is 10.0 Å². The minimum absolute atomic E-state index is 0.0125. The van der Waals surface area contributed by atoms with Crippen LogP contribution >= 0.6 is 0 Å². The molecule has 0 heterocycles. The van der Waals surface area contributed by atoms with Crippen LogP contribution in [0.25, 0.3) is 0 Å². The number of ether oxygens (including phenoxy) is 2. The maximum atomic E-state index is 11.8. The van der Waals surface area contributed by atoms with Gasteiger partial charge in [-0.05, 0) is 25.0 Å². The number of hydrogen-bond donors (Lipinski definition) is 2. The van der Waals surface area contributed by atoms with Crippen LogP contribution in [0.15, 0.2) is 18.2 Å². The molecule has 19 heavy (non-hydrogen) atoms. The monoisotopic (exact) mass is 289 g/mol. The zero-order valence-corrected chi connectivity index (χ0v) is 11.9. The highest BCUT2D eigenvalue weighted by Gasteiger charge is 2.13. The number of anilines is 1. The highest BCUT2D eigenvalue weighted by atomic mass is 32.2. The largest absolute Gasteiger partial charge is 0.497 e. The van der Waals surface area contributed by atoms with E-state index in [4.69, 9.17) is 14.6 Å². The van der Waals surface area contributed by atoms with Crippen LogP contribution in [0.2, 0.25) is 0 Å². The Morgan fingerprint density at radius 2 is 1.95 bits per heavy atom. The summed E-state index contributed by atoms with van der Waals surface area (Å²) < 4.78 is 36.2. The second-order valence-electron chi connectivity index (χ2n) is 3.92. The lowest BCUT2D eigenvalue weighted by molar-refractivity contribution is 0.287. The number of unbranched alkanes of at least 4 members (excludes halogenated alkanes) is 1. The number of hydrogen-bond acceptors (Lipinski definition) is 5. The van der Waals surface area contributed by atoms with Crippen molar-refractivity contribution in [3.05, 3.63) is 18.2 Å². The lowest BCUT2D eigenvalue weighted by Gasteiger charge is -2.12. The maximum Gasteiger partial charge on any atom is 0.232 e. The van der Waals surface area contributed by atoms with E-state index in [1.165, 1.54) is 14.2 Å². The summed E-state index contributed by atoms with van der Waals surface area (Å²) in [7, 11) is -0.463. The summed E-state index contributed by atoms with van der Waals surface area (Å²) >= 11 is 0. The summed E-state index contributed by atoms with van der Waals surface area (Å²) in [5.74, 6) is 0.938. The van der Waals surface area contributed by atoms with E-state index in [0.29, 0.717) is 30.0 Å². The zero-order valence-electron chi connectivity index (χ0n) is 11.0. The average Bonchev–Trinajstić information content (AvgIpc) is 2.39. The Bertz CT molecular complexity index is 501. The van der Waals surface area contributed by atoms with Gasteiger partial charge in [0.05, 0.1) is 25.7 Å². The first kappa shape index (κ1) is 15.6. The van der Waals surface area contributed by atoms with Gasteiger partial charge in [-0.15, -0.1) is 0 Å². The van der Waals surface area contributed by atoms with Crippen molar-refractivity contribution in [1.82, 2.24) is 0 Å². The SMILES string of the molecule is COc1ccc(NS(=O)(=O)CCCCO)c(OC)c1. The normalized spacial score (nSPS) is 11.1. The summed E-state index contributed by atoms with van der Waals surface area (Å²) in [5, 5.41) is 8.64. The molecule has 0 atom stereocenters. The molecule has 0 aliphatic heterocycles. The fourth-order valence-electron chi connectivity index (χ4n) is 1.51. The van der Waals surface area contributed by atoms with E-state index in [-0.39, 0.29) is 12.4 Å². The van der Waals surface area contributed by atoms with E-state index in [0.717, 1.165) is 0 Å². The van der Waals surface area contributed by atoms with Crippen molar-refractivity contribution in [2.24, 2.45) is 0 Å². The summed E-state index contributed by atoms with van der Waals surface area (Å²) in [4.78, 5) is 0. The molecule has 0 aliphatic carbocycles. The molecule has 0 aliphatic rings. The number of sulfonamides is 1. The molecule has 0 fully saturated rings. The van der Waals surface area contributed by atoms with Gasteiger partial charge in [0.15, 0.2) is 0 Å². The number of benzene rings is 1. The second kappa shape index (κ2) is 7.20. The topological polar surface area (TPSA) is 84.9 Å². The predicted molar refractivity (Wildman–Crippen MR) is 73.3 cm³/mol. The molecule has 0 saturated carbocycles. The first-order valence-corrected chi connectivity index (χ1v) is 7.51. The summed E-state index contributed by atoms with van der Waals surface area (Å²) in [6, 6.07) is 4.83. The fourth-order valence-corrected chi connectivity index (χ4v) is 2.70. The van der Waals surface area contributed by atoms with Gasteiger partial charge in [0.1, 0.15) is 11.5 Å². The number of methoxy groups -OCH3 is 2. The van der Waals surface area contributed by atoms with Gasteiger partial charge in [-0.2, -0.15) is 0 Å². The minimum Gasteiger partial charge on any atom is -0.497 e. The lowest BCUT2D eigenvalue weighted by atomic mass is 10.3. The molecule has 108 valence electrons. The average molecular weight is 289 g/mol. The van der Waals surface area contributed by atoms with Gasteiger partial charge in [-0.1, -0.05) is 0 Å². The lowest BCUT2D eigenvalue weighted by Crippen LogP contribution is -2.17. The summed E-state index contributed by atoms with van der Waals surface area (Å²) in [5.41, 5.74) is 0.368. The standard InChI is InChI=1S/C12H19NO5S/c1-17-10-5-6-11(12(9-10)18-2)13-19(15,16)8-4-3-7-14/h5-6,9,13-14H,3-4,7-8H2,1-2H3. The van der Waals surface area contributed by atoms with Crippen molar-refractivity contribution in [2.45, 2.75) is 12.8 Å². The van der Waals surface area contributed by atoms with Gasteiger partial charge >= 0.3 is 0 Å². The molecule has 0 amide bonds. The van der Waals surface area contributed by atoms with Crippen LogP contribution in [-0.2, 0) is 10.0 Å². The van der Waals surface area contributed by atoms with Crippen LogP contribution in [0.5, 0.6) is 11.5 Å². The Labute approximate surface area is 113 Å². The first-order chi connectivity index (χ1) is 9.02. The van der Waals surface area contributed by atoms with Crippen molar-refractivity contribution in [3.8, 4) is 11.5 Å². The highest BCUT2D eigenvalue weighted by Crippen LogP contribution is 2.29. The second-order valence-corrected chi connectivity index (χ2v) is 5.76. The van der Waals surface area contributed by atoms with Gasteiger partial charge in [0, 0.05) is 12.7 Å². The van der Waals surface area contributed by atoms with Crippen molar-refractivity contribution < 1.29 is 23.0 Å². The third kappa shape index (κ3) is 4.96. The number of nitrogens with one attached hydrogen (secondary N) is 1. The molecule has 0 bridgehead atoms. The molecule has 2 N–H and O–H groups in total. The van der Waals surface area contributed by atoms with E-state index in [1.54, 1.807) is 18.2 Å². The third-order valence-electron chi connectivity index (χ3n) is 2.50. The smallest absolute Gasteiger partial charge is 0.232 e. The van der Waals surface area contributed by atoms with E-state index < -0.39 is 10.0 Å². The fraction of sp³-hybridized carbons (Fsp3) is 0.500. The Hall–Kier alpha value is -1.47. The van der Waals surface area contributed by atoms with E-state index in [9.17, 15) is 8.42 Å². The molecule has 1 rings (SSSR count). The molecule has 1 aromatic carbocycles. The van der Waals surface area contributed by atoms with Crippen LogP contribution in [0.3, 0.4) is 0 Å². The molecular formula is C12H19NO5S. The minimum atomic E-state index is -3.44. The van der Waals surface area contributed by atoms with E-state index >= 15 is 0 Å². The molecule has 0 saturated heterocycles. The van der Waals surface area contributed by atoms with Crippen LogP contribution in [0.1, 0.15) is 12.8 Å². The van der Waals surface area contributed by atoms with Crippen LogP contribution < -0.4 is 14.2 Å². The van der Waals surface area contributed by atoms with Crippen molar-refractivity contribution in [3.63, 3.8) is 0 Å². The summed E-state index contributed by atoms with van der Waals surface area (Å²) in [6.07, 6.45) is 0.866. The van der Waals surface area contributed by atoms with E-state index in [1.807, 2.05) is 0 Å². The van der Waals surface area contributed by atoms with Crippen LogP contribution in [-0.4, -0.2) is 40.1 Å². The van der Waals surface area contributed by atoms with Crippen molar-refractivity contribution in [2.75, 3.05) is 31.3 Å². The quantitative estimate of drug-likeness (QED) is 0.703. The molecular weight excluding hydrogens is 270 g/mol. The maximum absolute atomic E-state index is 11.8. The van der Waals surface area contributed by atoms with E-state index in [2.05, 4.69) is 4.72 Å². The first-order valence-electron chi connectivity index (χ1n) is 5.86. The van der Waals surface area contributed by atoms with Gasteiger partial charge in [0.25, 0.3) is 0 Å². The molecule has 0 spiro atoms. The molecule has 7 heteroatoms. The number of aliphatic hydroxyl groups excluding tert-OH is 1. The highest BCUT2D eigenvalue weighted by molar-refractivity contribution is 7.92. The molecule has 1 aromatic rings. The Balaban J connectivity index is 2.80. The molecule has 6 nitrogen and oxygen atoms in total. The number of aliphatic hydroxyl groups is 1. The zero-order chi connectivity index (χ0) is 14.3. The Kier molecular flexibility index (Phi) is 5.91. The summed E-state index contributed by atoms with van der Waals surface area (Å²) in [6.45, 7) is -0.0125. The molecule has 0 unspecified atom stereocenters. The van der Waals surface area contributed by atoms with Crippen LogP contribution in [0.4, 0.5) is 5.69 Å². The Morgan fingerprint density at radius 1 is 1.21 bits per heavy atom. The van der Waals surface area contributed by atoms with Gasteiger partial charge in [-0.3, -0.25) is 4.72 Å². The molecule has 0 aromatic heterocycles.